The lowest BCUT2D eigenvalue weighted by molar-refractivity contribution is -0.158. The summed E-state index contributed by atoms with van der Waals surface area (Å²) in [5.41, 5.74) is 10.3. The average Bonchev–Trinajstić information content (AvgIpc) is 2.71. The van der Waals surface area contributed by atoms with E-state index in [0.717, 1.165) is 13.1 Å². The summed E-state index contributed by atoms with van der Waals surface area (Å²) in [6, 6.07) is 0. The molecule has 0 saturated carbocycles. The SMILES string of the molecule is CC(=O)OC(C)=O.CC(=O)OC(C)=O.CC(=O)OC(C)=O.CC(=O)OC(C)=O.CC(=O)OC(C)=O.NCCNCCN. The number of hydrogen-bond acceptors (Lipinski definition) is 18. The lowest BCUT2D eigenvalue weighted by Crippen LogP contribution is -2.27. The number of esters is 10. The van der Waals surface area contributed by atoms with Crippen molar-refractivity contribution < 1.29 is 71.6 Å². The predicted octanol–water partition coefficient (Wildman–Crippen LogP) is -1.03. The molecule has 18 heteroatoms. The van der Waals surface area contributed by atoms with Gasteiger partial charge in [-0.2, -0.15) is 0 Å². The van der Waals surface area contributed by atoms with E-state index in [1.165, 1.54) is 69.2 Å². The van der Waals surface area contributed by atoms with E-state index in [1.807, 2.05) is 0 Å². The summed E-state index contributed by atoms with van der Waals surface area (Å²) in [6.07, 6.45) is 0. The van der Waals surface area contributed by atoms with Crippen molar-refractivity contribution in [2.24, 2.45) is 11.5 Å². The van der Waals surface area contributed by atoms with E-state index < -0.39 is 59.7 Å². The van der Waals surface area contributed by atoms with Crippen LogP contribution in [0.5, 0.6) is 0 Å². The molecule has 0 aliphatic heterocycles. The molecule has 42 heavy (non-hydrogen) atoms. The number of carbonyl (C=O) groups is 10. The van der Waals surface area contributed by atoms with E-state index in [1.54, 1.807) is 0 Å². The third-order valence-electron chi connectivity index (χ3n) is 2.08. The van der Waals surface area contributed by atoms with Crippen LogP contribution in [0.25, 0.3) is 0 Å². The molecule has 0 atom stereocenters. The van der Waals surface area contributed by atoms with Gasteiger partial charge in [0, 0.05) is 95.4 Å². The van der Waals surface area contributed by atoms with Gasteiger partial charge in [0.2, 0.25) is 0 Å². The van der Waals surface area contributed by atoms with Crippen LogP contribution in [0, 0.1) is 0 Å². The van der Waals surface area contributed by atoms with E-state index >= 15 is 0 Å². The van der Waals surface area contributed by atoms with Gasteiger partial charge in [-0.25, -0.2) is 0 Å². The molecule has 0 saturated heterocycles. The van der Waals surface area contributed by atoms with E-state index in [4.69, 9.17) is 11.5 Å². The molecular weight excluding hydrogens is 570 g/mol. The van der Waals surface area contributed by atoms with Gasteiger partial charge in [0.05, 0.1) is 0 Å². The molecule has 0 bridgehead atoms. The summed E-state index contributed by atoms with van der Waals surface area (Å²) < 4.78 is 19.9. The number of ether oxygens (including phenoxy) is 5. The molecule has 0 radical (unpaired) electrons. The Bertz CT molecular complexity index is 656. The number of nitrogens with two attached hydrogens (primary N) is 2. The fourth-order valence-corrected chi connectivity index (χ4v) is 1.34. The van der Waals surface area contributed by atoms with Crippen LogP contribution < -0.4 is 16.8 Å². The highest BCUT2D eigenvalue weighted by Crippen LogP contribution is 1.76. The molecule has 5 N–H and O–H groups in total. The van der Waals surface area contributed by atoms with Gasteiger partial charge in [0.1, 0.15) is 0 Å². The molecule has 244 valence electrons. The summed E-state index contributed by atoms with van der Waals surface area (Å²) in [7, 11) is 0. The van der Waals surface area contributed by atoms with Gasteiger partial charge in [0.25, 0.3) is 0 Å². The molecule has 0 amide bonds. The number of nitrogens with one attached hydrogen (secondary N) is 1. The minimum atomic E-state index is -0.562. The molecule has 0 rings (SSSR count). The molecule has 0 spiro atoms. The molecule has 18 nitrogen and oxygen atoms in total. The summed E-state index contributed by atoms with van der Waals surface area (Å²) in [5.74, 6) is -5.62. The molecule has 0 aliphatic rings. The van der Waals surface area contributed by atoms with Crippen LogP contribution in [0.4, 0.5) is 0 Å². The molecule has 0 aromatic carbocycles. The van der Waals surface area contributed by atoms with Crippen molar-refractivity contribution in [3.8, 4) is 0 Å². The van der Waals surface area contributed by atoms with Gasteiger partial charge in [-0.3, -0.25) is 47.9 Å². The van der Waals surface area contributed by atoms with Crippen LogP contribution in [0.1, 0.15) is 69.2 Å². The van der Waals surface area contributed by atoms with Crippen molar-refractivity contribution in [3.05, 3.63) is 0 Å². The van der Waals surface area contributed by atoms with Crippen molar-refractivity contribution in [2.45, 2.75) is 69.2 Å². The topological polar surface area (TPSA) is 281 Å². The fourth-order valence-electron chi connectivity index (χ4n) is 1.34. The normalized spacial score (nSPS) is 8.00. The zero-order valence-electron chi connectivity index (χ0n) is 25.6. The Hall–Kier alpha value is -4.42. The molecule has 0 fully saturated rings. The van der Waals surface area contributed by atoms with Crippen molar-refractivity contribution in [1.82, 2.24) is 5.32 Å². The Labute approximate surface area is 244 Å². The van der Waals surface area contributed by atoms with E-state index in [2.05, 4.69) is 29.0 Å². The lowest BCUT2D eigenvalue weighted by Gasteiger charge is -1.95. The monoisotopic (exact) mass is 613 g/mol. The minimum absolute atomic E-state index is 0.562. The third kappa shape index (κ3) is 111. The molecular formula is C24H43N3O15. The first-order chi connectivity index (χ1) is 19.0. The van der Waals surface area contributed by atoms with E-state index in [-0.39, 0.29) is 0 Å². The maximum atomic E-state index is 9.81. The van der Waals surface area contributed by atoms with Crippen molar-refractivity contribution in [1.29, 1.82) is 0 Å². The summed E-state index contributed by atoms with van der Waals surface area (Å²) in [4.78, 5) is 98.1. The predicted molar refractivity (Wildman–Crippen MR) is 143 cm³/mol. The van der Waals surface area contributed by atoms with Gasteiger partial charge in [-0.1, -0.05) is 0 Å². The second kappa shape index (κ2) is 36.6. The van der Waals surface area contributed by atoms with Crippen LogP contribution in [-0.2, 0) is 71.6 Å². The van der Waals surface area contributed by atoms with Crippen LogP contribution in [0.15, 0.2) is 0 Å². The zero-order valence-corrected chi connectivity index (χ0v) is 25.6. The van der Waals surface area contributed by atoms with Gasteiger partial charge in [0.15, 0.2) is 0 Å². The molecule has 0 aliphatic carbocycles. The third-order valence-corrected chi connectivity index (χ3v) is 2.08. The first-order valence-electron chi connectivity index (χ1n) is 11.6. The first kappa shape index (κ1) is 50.4. The van der Waals surface area contributed by atoms with Crippen LogP contribution in [0.2, 0.25) is 0 Å². The van der Waals surface area contributed by atoms with Crippen LogP contribution >= 0.6 is 0 Å². The first-order valence-corrected chi connectivity index (χ1v) is 11.6. The second-order valence-corrected chi connectivity index (χ2v) is 6.75. The molecule has 0 unspecified atom stereocenters. The molecule has 0 aromatic rings. The van der Waals surface area contributed by atoms with Gasteiger partial charge in [-0.05, 0) is 0 Å². The lowest BCUT2D eigenvalue weighted by atomic mass is 10.6. The molecule has 0 heterocycles. The smallest absolute Gasteiger partial charge is 0.310 e. The Morgan fingerprint density at radius 1 is 0.357 bits per heavy atom. The fraction of sp³-hybridized carbons (Fsp3) is 0.583. The number of rotatable bonds is 4. The maximum Gasteiger partial charge on any atom is 0.310 e. The summed E-state index contributed by atoms with van der Waals surface area (Å²) >= 11 is 0. The highest BCUT2D eigenvalue weighted by atomic mass is 16.6. The molecule has 0 aromatic heterocycles. The van der Waals surface area contributed by atoms with Crippen molar-refractivity contribution >= 4 is 59.7 Å². The largest absolute Gasteiger partial charge is 0.394 e. The highest BCUT2D eigenvalue weighted by molar-refractivity contribution is 5.84. The van der Waals surface area contributed by atoms with Gasteiger partial charge in [-0.15, -0.1) is 0 Å². The van der Waals surface area contributed by atoms with Gasteiger partial charge < -0.3 is 40.5 Å². The quantitative estimate of drug-likeness (QED) is 0.148. The Kier molecular flexibility index (Phi) is 43.9. The average molecular weight is 614 g/mol. The summed E-state index contributed by atoms with van der Waals surface area (Å²) in [5, 5.41) is 3.03. The Morgan fingerprint density at radius 2 is 0.476 bits per heavy atom. The van der Waals surface area contributed by atoms with Crippen molar-refractivity contribution in [2.75, 3.05) is 26.2 Å². The van der Waals surface area contributed by atoms with Crippen LogP contribution in [0.3, 0.4) is 0 Å². The van der Waals surface area contributed by atoms with Crippen molar-refractivity contribution in [3.63, 3.8) is 0 Å². The second-order valence-electron chi connectivity index (χ2n) is 6.75. The van der Waals surface area contributed by atoms with Gasteiger partial charge >= 0.3 is 59.7 Å². The Balaban J connectivity index is -0.0000000926. The maximum absolute atomic E-state index is 9.81. The van der Waals surface area contributed by atoms with E-state index in [9.17, 15) is 47.9 Å². The summed E-state index contributed by atoms with van der Waals surface area (Å²) in [6.45, 7) is 15.0. The highest BCUT2D eigenvalue weighted by Gasteiger charge is 1.96. The number of carbonyl (C=O) groups excluding carboxylic acids is 10. The van der Waals surface area contributed by atoms with Crippen LogP contribution in [-0.4, -0.2) is 85.9 Å². The standard InChI is InChI=1S/C4H13N3.5C4H6O3/c5-1-3-7-4-2-6;5*1-3(5)7-4(2)6/h7H,1-6H2;5*1-2H3. The zero-order chi connectivity index (χ0) is 34.8. The Morgan fingerprint density at radius 3 is 0.524 bits per heavy atom. The number of hydrogen-bond donors (Lipinski definition) is 3. The van der Waals surface area contributed by atoms with E-state index in [0.29, 0.717) is 13.1 Å². The minimum Gasteiger partial charge on any atom is -0.394 e.